The molecule has 25 heavy (non-hydrogen) atoms. The van der Waals surface area contributed by atoms with Gasteiger partial charge < -0.3 is 10.2 Å². The predicted molar refractivity (Wildman–Crippen MR) is 107 cm³/mol. The van der Waals surface area contributed by atoms with Crippen LogP contribution in [0.2, 0.25) is 0 Å². The summed E-state index contributed by atoms with van der Waals surface area (Å²) in [6.07, 6.45) is 1.01. The van der Waals surface area contributed by atoms with Gasteiger partial charge in [-0.05, 0) is 41.2 Å². The normalized spacial score (nSPS) is 17.1. The quantitative estimate of drug-likeness (QED) is 0.769. The van der Waals surface area contributed by atoms with Crippen molar-refractivity contribution < 1.29 is 4.79 Å². The van der Waals surface area contributed by atoms with Crippen molar-refractivity contribution >= 4 is 23.5 Å². The summed E-state index contributed by atoms with van der Waals surface area (Å²) in [5, 5.41) is 3.13. The summed E-state index contributed by atoms with van der Waals surface area (Å²) in [6, 6.07) is 16.7. The fraction of sp³-hybridized carbons (Fsp3) is 0.381. The van der Waals surface area contributed by atoms with Crippen molar-refractivity contribution in [1.29, 1.82) is 0 Å². The Labute approximate surface area is 154 Å². The van der Waals surface area contributed by atoms with Gasteiger partial charge in [0.05, 0.1) is 0 Å². The first-order valence-electron chi connectivity index (χ1n) is 8.96. The summed E-state index contributed by atoms with van der Waals surface area (Å²) in [5.41, 5.74) is 4.66. The molecule has 4 heteroatoms. The maximum Gasteiger partial charge on any atom is 0.323 e. The van der Waals surface area contributed by atoms with Crippen molar-refractivity contribution in [2.45, 2.75) is 38.5 Å². The number of benzene rings is 2. The first-order valence-corrected chi connectivity index (χ1v) is 10.0. The lowest BCUT2D eigenvalue weighted by Gasteiger charge is -2.25. The fourth-order valence-electron chi connectivity index (χ4n) is 3.02. The van der Waals surface area contributed by atoms with Gasteiger partial charge in [-0.3, -0.25) is 0 Å². The molecule has 1 fully saturated rings. The lowest BCUT2D eigenvalue weighted by atomic mass is 10.0. The molecule has 2 amide bonds. The van der Waals surface area contributed by atoms with E-state index in [1.807, 2.05) is 28.8 Å². The minimum Gasteiger partial charge on any atom is -0.308 e. The molecule has 0 saturated carbocycles. The minimum atomic E-state index is -0.0211. The smallest absolute Gasteiger partial charge is 0.308 e. The van der Waals surface area contributed by atoms with Crippen LogP contribution in [0.3, 0.4) is 0 Å². The molecule has 2 aromatic rings. The number of anilines is 1. The Morgan fingerprint density at radius 1 is 1.16 bits per heavy atom. The molecule has 1 saturated heterocycles. The monoisotopic (exact) mass is 354 g/mol. The molecule has 0 spiro atoms. The molecule has 3 rings (SSSR count). The van der Waals surface area contributed by atoms with Crippen molar-refractivity contribution in [3.63, 3.8) is 0 Å². The van der Waals surface area contributed by atoms with Gasteiger partial charge in [-0.15, -0.1) is 11.8 Å². The van der Waals surface area contributed by atoms with Crippen LogP contribution in [0.4, 0.5) is 10.5 Å². The molecule has 1 N–H and O–H groups in total. The van der Waals surface area contributed by atoms with Crippen LogP contribution in [0.15, 0.2) is 48.5 Å². The van der Waals surface area contributed by atoms with Crippen LogP contribution in [0, 0.1) is 0 Å². The van der Waals surface area contributed by atoms with Gasteiger partial charge in [0.25, 0.3) is 0 Å². The molecule has 0 aliphatic carbocycles. The summed E-state index contributed by atoms with van der Waals surface area (Å²) in [5.74, 6) is 1.49. The SMILES string of the molecule is CCc1ccc(NC(=O)N2CCSC2c2ccc(C(C)C)cc2)cc1. The number of carbonyl (C=O) groups is 1. The van der Waals surface area contributed by atoms with Crippen molar-refractivity contribution in [2.24, 2.45) is 0 Å². The van der Waals surface area contributed by atoms with Gasteiger partial charge in [0, 0.05) is 18.0 Å². The highest BCUT2D eigenvalue weighted by molar-refractivity contribution is 7.99. The van der Waals surface area contributed by atoms with Crippen LogP contribution in [0.25, 0.3) is 0 Å². The molecule has 2 aromatic carbocycles. The Bertz CT molecular complexity index is 710. The van der Waals surface area contributed by atoms with Gasteiger partial charge in [0.15, 0.2) is 0 Å². The highest BCUT2D eigenvalue weighted by atomic mass is 32.2. The molecular weight excluding hydrogens is 328 g/mol. The maximum atomic E-state index is 12.7. The standard InChI is InChI=1S/C21H26N2OS/c1-4-16-5-11-19(12-6-16)22-21(24)23-13-14-25-20(23)18-9-7-17(8-10-18)15(2)3/h5-12,15,20H,4,13-14H2,1-3H3,(H,22,24). The third-order valence-electron chi connectivity index (χ3n) is 4.65. The molecule has 1 heterocycles. The minimum absolute atomic E-state index is 0.0211. The topological polar surface area (TPSA) is 32.3 Å². The number of hydrogen-bond acceptors (Lipinski definition) is 2. The van der Waals surface area contributed by atoms with E-state index in [1.165, 1.54) is 16.7 Å². The van der Waals surface area contributed by atoms with Gasteiger partial charge in [0.1, 0.15) is 5.37 Å². The number of nitrogens with one attached hydrogen (secondary N) is 1. The van der Waals surface area contributed by atoms with Crippen LogP contribution < -0.4 is 5.32 Å². The number of aryl methyl sites for hydroxylation is 1. The molecule has 1 aliphatic rings. The molecule has 132 valence electrons. The van der Waals surface area contributed by atoms with Crippen LogP contribution in [-0.2, 0) is 6.42 Å². The molecule has 1 unspecified atom stereocenters. The summed E-state index contributed by atoms with van der Waals surface area (Å²) in [4.78, 5) is 14.7. The van der Waals surface area contributed by atoms with E-state index < -0.39 is 0 Å². The zero-order valence-electron chi connectivity index (χ0n) is 15.2. The van der Waals surface area contributed by atoms with Crippen LogP contribution >= 0.6 is 11.8 Å². The molecule has 1 atom stereocenters. The third kappa shape index (κ3) is 4.18. The zero-order chi connectivity index (χ0) is 17.8. The summed E-state index contributed by atoms with van der Waals surface area (Å²) < 4.78 is 0. The van der Waals surface area contributed by atoms with Crippen molar-refractivity contribution in [3.05, 3.63) is 65.2 Å². The summed E-state index contributed by atoms with van der Waals surface area (Å²) in [7, 11) is 0. The molecule has 1 aliphatic heterocycles. The Balaban J connectivity index is 1.70. The highest BCUT2D eigenvalue weighted by Crippen LogP contribution is 2.38. The second kappa shape index (κ2) is 7.96. The van der Waals surface area contributed by atoms with Crippen LogP contribution in [-0.4, -0.2) is 23.2 Å². The van der Waals surface area contributed by atoms with Gasteiger partial charge >= 0.3 is 6.03 Å². The summed E-state index contributed by atoms with van der Waals surface area (Å²) in [6.45, 7) is 7.30. The van der Waals surface area contributed by atoms with Gasteiger partial charge in [-0.1, -0.05) is 57.2 Å². The Morgan fingerprint density at radius 3 is 2.44 bits per heavy atom. The van der Waals surface area contributed by atoms with Gasteiger partial charge in [0.2, 0.25) is 0 Å². The predicted octanol–water partition coefficient (Wildman–Crippen LogP) is 5.65. The number of amides is 2. The average Bonchev–Trinajstić information content (AvgIpc) is 3.12. The van der Waals surface area contributed by atoms with Crippen LogP contribution in [0.5, 0.6) is 0 Å². The molecule has 3 nitrogen and oxygen atoms in total. The number of carbonyl (C=O) groups excluding carboxylic acids is 1. The molecular formula is C21H26N2OS. The number of hydrogen-bond donors (Lipinski definition) is 1. The van der Waals surface area contributed by atoms with Gasteiger partial charge in [-0.2, -0.15) is 0 Å². The highest BCUT2D eigenvalue weighted by Gasteiger charge is 2.30. The Morgan fingerprint density at radius 2 is 1.84 bits per heavy atom. The van der Waals surface area contributed by atoms with Crippen molar-refractivity contribution in [3.8, 4) is 0 Å². The maximum absolute atomic E-state index is 12.7. The number of thioether (sulfide) groups is 1. The average molecular weight is 355 g/mol. The molecule has 0 aromatic heterocycles. The summed E-state index contributed by atoms with van der Waals surface area (Å²) >= 11 is 1.83. The second-order valence-corrected chi connectivity index (χ2v) is 7.91. The van der Waals surface area contributed by atoms with Crippen molar-refractivity contribution in [2.75, 3.05) is 17.6 Å². The van der Waals surface area contributed by atoms with Gasteiger partial charge in [-0.25, -0.2) is 4.79 Å². The van der Waals surface area contributed by atoms with E-state index in [1.54, 1.807) is 0 Å². The number of nitrogens with zero attached hydrogens (tertiary/aromatic N) is 1. The van der Waals surface area contributed by atoms with E-state index >= 15 is 0 Å². The Kier molecular flexibility index (Phi) is 5.69. The lowest BCUT2D eigenvalue weighted by molar-refractivity contribution is 0.214. The molecule has 0 radical (unpaired) electrons. The fourth-order valence-corrected chi connectivity index (χ4v) is 4.27. The largest absolute Gasteiger partial charge is 0.323 e. The third-order valence-corrected chi connectivity index (χ3v) is 5.91. The van der Waals surface area contributed by atoms with E-state index in [0.29, 0.717) is 5.92 Å². The number of urea groups is 1. The van der Waals surface area contributed by atoms with Crippen molar-refractivity contribution in [1.82, 2.24) is 4.90 Å². The van der Waals surface area contributed by atoms with E-state index in [9.17, 15) is 4.79 Å². The van der Waals surface area contributed by atoms with E-state index in [2.05, 4.69) is 62.5 Å². The first-order chi connectivity index (χ1) is 12.1. The lowest BCUT2D eigenvalue weighted by Crippen LogP contribution is -2.34. The zero-order valence-corrected chi connectivity index (χ0v) is 16.0. The van der Waals surface area contributed by atoms with E-state index in [0.717, 1.165) is 24.4 Å². The molecule has 0 bridgehead atoms. The Hall–Kier alpha value is -1.94. The van der Waals surface area contributed by atoms with Crippen LogP contribution in [0.1, 0.15) is 48.8 Å². The van der Waals surface area contributed by atoms with E-state index in [-0.39, 0.29) is 11.4 Å². The first kappa shape index (κ1) is 17.9. The second-order valence-electron chi connectivity index (χ2n) is 6.72. The van der Waals surface area contributed by atoms with E-state index in [4.69, 9.17) is 0 Å². The number of rotatable bonds is 4.